The number of carbonyl (C=O) groups is 2. The van der Waals surface area contributed by atoms with Crippen LogP contribution in [0.4, 0.5) is 0 Å². The van der Waals surface area contributed by atoms with Gasteiger partial charge in [0, 0.05) is 7.11 Å². The molecule has 1 aliphatic carbocycles. The molecule has 0 saturated carbocycles. The number of aliphatic hydroxyl groups excluding tert-OH is 2. The van der Waals surface area contributed by atoms with E-state index in [1.807, 2.05) is 6.92 Å². The van der Waals surface area contributed by atoms with Gasteiger partial charge in [-0.25, -0.2) is 0 Å². The van der Waals surface area contributed by atoms with E-state index in [1.165, 1.54) is 33.3 Å². The summed E-state index contributed by atoms with van der Waals surface area (Å²) >= 11 is 0. The van der Waals surface area contributed by atoms with Crippen LogP contribution in [0.15, 0.2) is 23.8 Å². The molecule has 1 saturated heterocycles. The van der Waals surface area contributed by atoms with Crippen molar-refractivity contribution in [2.75, 3.05) is 14.2 Å². The highest BCUT2D eigenvalue weighted by Gasteiger charge is 2.71. The summed E-state index contributed by atoms with van der Waals surface area (Å²) in [6.07, 6.45) is 1.74. The monoisotopic (exact) mass is 311 g/mol. The second-order valence-corrected chi connectivity index (χ2v) is 5.52. The lowest BCUT2D eigenvalue weighted by Gasteiger charge is -2.39. The summed E-state index contributed by atoms with van der Waals surface area (Å²) in [6.45, 7) is 3.32. The number of nitrogens with zero attached hydrogens (tertiary/aromatic N) is 1. The Hall–Kier alpha value is -1.54. The van der Waals surface area contributed by atoms with Crippen LogP contribution in [0.3, 0.4) is 0 Å². The van der Waals surface area contributed by atoms with E-state index < -0.39 is 35.0 Å². The SMILES string of the molecule is CC/C=C1/C=CC(=O)[C@H](O)[C@@]12C(=O)N(OC)[C@](C)(OC)[C@@H]2O. The maximum atomic E-state index is 12.9. The van der Waals surface area contributed by atoms with Crippen molar-refractivity contribution in [1.82, 2.24) is 5.06 Å². The van der Waals surface area contributed by atoms with Crippen LogP contribution < -0.4 is 0 Å². The number of rotatable bonds is 3. The van der Waals surface area contributed by atoms with Crippen LogP contribution in [0.25, 0.3) is 0 Å². The molecular formula is C15H21NO6. The largest absolute Gasteiger partial charge is 0.386 e. The molecule has 7 heteroatoms. The normalized spacial score (nSPS) is 40.3. The molecular weight excluding hydrogens is 290 g/mol. The average molecular weight is 311 g/mol. The van der Waals surface area contributed by atoms with Gasteiger partial charge in [0.1, 0.15) is 17.6 Å². The molecule has 1 spiro atoms. The predicted octanol–water partition coefficient (Wildman–Crippen LogP) is -0.0639. The van der Waals surface area contributed by atoms with Gasteiger partial charge in [-0.3, -0.25) is 14.4 Å². The molecule has 1 heterocycles. The van der Waals surface area contributed by atoms with Gasteiger partial charge in [0.05, 0.1) is 7.11 Å². The van der Waals surface area contributed by atoms with Gasteiger partial charge in [-0.1, -0.05) is 19.1 Å². The number of amides is 1. The third-order valence-corrected chi connectivity index (χ3v) is 4.51. The van der Waals surface area contributed by atoms with Gasteiger partial charge in [0.2, 0.25) is 0 Å². The number of aliphatic hydroxyl groups is 2. The van der Waals surface area contributed by atoms with Gasteiger partial charge >= 0.3 is 0 Å². The van der Waals surface area contributed by atoms with Crippen LogP contribution in [-0.2, 0) is 19.2 Å². The lowest BCUT2D eigenvalue weighted by Crippen LogP contribution is -2.56. The fourth-order valence-electron chi connectivity index (χ4n) is 3.27. The number of ketones is 1. The standard InChI is InChI=1S/C15H21NO6/c1-5-6-9-7-8-10(17)11(18)15(9)12(19)14(2,21-3)16(22-4)13(15)20/h6-8,11-12,18-19H,5H2,1-4H3/b9-6-/t11-,12-,14+,15-/m0/s1. The summed E-state index contributed by atoms with van der Waals surface area (Å²) in [5.74, 6) is -1.35. The highest BCUT2D eigenvalue weighted by molar-refractivity contribution is 6.05. The minimum Gasteiger partial charge on any atom is -0.386 e. The highest BCUT2D eigenvalue weighted by Crippen LogP contribution is 2.52. The van der Waals surface area contributed by atoms with E-state index in [9.17, 15) is 19.8 Å². The van der Waals surface area contributed by atoms with E-state index in [4.69, 9.17) is 9.57 Å². The number of hydrogen-bond donors (Lipinski definition) is 2. The molecule has 0 unspecified atom stereocenters. The molecule has 1 fully saturated rings. The van der Waals surface area contributed by atoms with E-state index in [-0.39, 0.29) is 0 Å². The minimum absolute atomic E-state index is 0.377. The van der Waals surface area contributed by atoms with Gasteiger partial charge < -0.3 is 14.9 Å². The van der Waals surface area contributed by atoms with Crippen molar-refractivity contribution in [3.63, 3.8) is 0 Å². The van der Waals surface area contributed by atoms with Crippen molar-refractivity contribution in [1.29, 1.82) is 0 Å². The molecule has 1 amide bonds. The fraction of sp³-hybridized carbons (Fsp3) is 0.600. The van der Waals surface area contributed by atoms with Crippen LogP contribution in [0.2, 0.25) is 0 Å². The molecule has 7 nitrogen and oxygen atoms in total. The minimum atomic E-state index is -1.83. The molecule has 0 radical (unpaired) electrons. The molecule has 0 aromatic rings. The lowest BCUT2D eigenvalue weighted by atomic mass is 9.66. The Labute approximate surface area is 128 Å². The second-order valence-electron chi connectivity index (χ2n) is 5.52. The van der Waals surface area contributed by atoms with Crippen molar-refractivity contribution in [2.24, 2.45) is 5.41 Å². The summed E-state index contributed by atoms with van der Waals surface area (Å²) in [7, 11) is 2.58. The van der Waals surface area contributed by atoms with Crippen LogP contribution in [0.1, 0.15) is 20.3 Å². The molecule has 0 aromatic heterocycles. The third-order valence-electron chi connectivity index (χ3n) is 4.51. The van der Waals surface area contributed by atoms with Gasteiger partial charge in [-0.05, 0) is 25.0 Å². The first-order chi connectivity index (χ1) is 10.3. The molecule has 1 aliphatic heterocycles. The smallest absolute Gasteiger partial charge is 0.265 e. The van der Waals surface area contributed by atoms with E-state index in [2.05, 4.69) is 0 Å². The Morgan fingerprint density at radius 3 is 2.41 bits per heavy atom. The first kappa shape index (κ1) is 16.8. The van der Waals surface area contributed by atoms with Crippen LogP contribution in [0, 0.1) is 5.41 Å². The maximum absolute atomic E-state index is 12.9. The van der Waals surface area contributed by atoms with Gasteiger partial charge in [-0.2, -0.15) is 5.06 Å². The maximum Gasteiger partial charge on any atom is 0.265 e. The lowest BCUT2D eigenvalue weighted by molar-refractivity contribution is -0.273. The van der Waals surface area contributed by atoms with E-state index in [0.29, 0.717) is 12.0 Å². The Morgan fingerprint density at radius 1 is 1.32 bits per heavy atom. The topological polar surface area (TPSA) is 96.3 Å². The number of ether oxygens (including phenoxy) is 1. The van der Waals surface area contributed by atoms with Crippen molar-refractivity contribution < 1.29 is 29.4 Å². The molecule has 22 heavy (non-hydrogen) atoms. The quantitative estimate of drug-likeness (QED) is 0.758. The summed E-state index contributed by atoms with van der Waals surface area (Å²) in [6, 6.07) is 0. The number of carbonyl (C=O) groups excluding carboxylic acids is 2. The van der Waals surface area contributed by atoms with Gasteiger partial charge in [-0.15, -0.1) is 0 Å². The Morgan fingerprint density at radius 2 is 1.95 bits per heavy atom. The Balaban J connectivity index is 2.73. The summed E-state index contributed by atoms with van der Waals surface area (Å²) in [5.41, 5.74) is -2.98. The molecule has 2 rings (SSSR count). The summed E-state index contributed by atoms with van der Waals surface area (Å²) < 4.78 is 5.28. The van der Waals surface area contributed by atoms with Crippen molar-refractivity contribution in [3.05, 3.63) is 23.8 Å². The van der Waals surface area contributed by atoms with Crippen molar-refractivity contribution in [3.8, 4) is 0 Å². The van der Waals surface area contributed by atoms with E-state index in [0.717, 1.165) is 5.06 Å². The van der Waals surface area contributed by atoms with Crippen LogP contribution in [0.5, 0.6) is 0 Å². The van der Waals surface area contributed by atoms with E-state index >= 15 is 0 Å². The Bertz CT molecular complexity index is 556. The van der Waals surface area contributed by atoms with Crippen LogP contribution in [-0.4, -0.2) is 59.1 Å². The zero-order chi connectivity index (χ0) is 16.7. The number of allylic oxidation sites excluding steroid dienone is 2. The number of methoxy groups -OCH3 is 1. The van der Waals surface area contributed by atoms with Gasteiger partial charge in [0.25, 0.3) is 5.91 Å². The number of hydroxylamine groups is 2. The van der Waals surface area contributed by atoms with Crippen LogP contribution >= 0.6 is 0 Å². The van der Waals surface area contributed by atoms with Crippen molar-refractivity contribution >= 4 is 11.7 Å². The summed E-state index contributed by atoms with van der Waals surface area (Å²) in [5, 5.41) is 22.1. The van der Waals surface area contributed by atoms with Gasteiger partial charge in [0.15, 0.2) is 11.5 Å². The first-order valence-electron chi connectivity index (χ1n) is 7.04. The zero-order valence-corrected chi connectivity index (χ0v) is 13.1. The fourth-order valence-corrected chi connectivity index (χ4v) is 3.27. The van der Waals surface area contributed by atoms with Crippen molar-refractivity contribution in [2.45, 2.75) is 38.2 Å². The molecule has 0 bridgehead atoms. The number of hydrogen-bond acceptors (Lipinski definition) is 6. The first-order valence-corrected chi connectivity index (χ1v) is 7.04. The molecule has 4 atom stereocenters. The zero-order valence-electron chi connectivity index (χ0n) is 13.1. The summed E-state index contributed by atoms with van der Waals surface area (Å²) in [4.78, 5) is 29.9. The Kier molecular flexibility index (Phi) is 4.27. The third kappa shape index (κ3) is 1.83. The molecule has 2 aliphatic rings. The molecule has 0 aromatic carbocycles. The molecule has 2 N–H and O–H groups in total. The highest BCUT2D eigenvalue weighted by atomic mass is 16.7. The predicted molar refractivity (Wildman–Crippen MR) is 76.2 cm³/mol. The van der Waals surface area contributed by atoms with E-state index in [1.54, 1.807) is 6.08 Å². The molecule has 122 valence electrons. The second kappa shape index (κ2) is 5.58. The average Bonchev–Trinajstić information content (AvgIpc) is 2.67.